The molecule has 0 bridgehead atoms. The summed E-state index contributed by atoms with van der Waals surface area (Å²) in [6, 6.07) is 4.58. The molecular weight excluding hydrogens is 273 g/mol. The van der Waals surface area contributed by atoms with Crippen LogP contribution in [0, 0.1) is 5.82 Å². The van der Waals surface area contributed by atoms with E-state index in [-0.39, 0.29) is 17.7 Å². The van der Waals surface area contributed by atoms with Crippen LogP contribution < -0.4 is 4.74 Å². The predicted molar refractivity (Wildman–Crippen MR) is 75.5 cm³/mol. The highest BCUT2D eigenvalue weighted by atomic mass is 19.1. The lowest BCUT2D eigenvalue weighted by Gasteiger charge is -2.15. The van der Waals surface area contributed by atoms with Gasteiger partial charge in [-0.25, -0.2) is 9.37 Å². The van der Waals surface area contributed by atoms with Crippen LogP contribution in [-0.2, 0) is 4.79 Å². The number of hydrogen-bond acceptors (Lipinski definition) is 3. The molecule has 2 heterocycles. The van der Waals surface area contributed by atoms with E-state index in [4.69, 9.17) is 4.74 Å². The maximum absolute atomic E-state index is 14.4. The van der Waals surface area contributed by atoms with E-state index in [9.17, 15) is 9.18 Å². The zero-order chi connectivity index (χ0) is 15.0. The molecule has 1 aromatic carbocycles. The summed E-state index contributed by atoms with van der Waals surface area (Å²) >= 11 is 0. The normalized spacial score (nSPS) is 18.3. The molecule has 0 aliphatic carbocycles. The number of imidazole rings is 1. The molecule has 6 heteroatoms. The predicted octanol–water partition coefficient (Wildman–Crippen LogP) is 2.10. The van der Waals surface area contributed by atoms with E-state index >= 15 is 0 Å². The maximum Gasteiger partial charge on any atom is 0.245 e. The van der Waals surface area contributed by atoms with Crippen molar-refractivity contribution in [3.63, 3.8) is 0 Å². The van der Waals surface area contributed by atoms with Gasteiger partial charge in [-0.05, 0) is 18.6 Å². The van der Waals surface area contributed by atoms with Crippen LogP contribution in [-0.4, -0.2) is 41.1 Å². The number of ether oxygens (including phenoxy) is 1. The van der Waals surface area contributed by atoms with Crippen LogP contribution in [0.15, 0.2) is 30.6 Å². The topological polar surface area (TPSA) is 47.4 Å². The lowest BCUT2D eigenvalue weighted by Crippen LogP contribution is -2.24. The van der Waals surface area contributed by atoms with Gasteiger partial charge in [0.2, 0.25) is 5.91 Å². The van der Waals surface area contributed by atoms with E-state index in [2.05, 4.69) is 4.98 Å². The second kappa shape index (κ2) is 5.20. The number of benzene rings is 1. The zero-order valence-electron chi connectivity index (χ0n) is 11.9. The number of amides is 1. The molecule has 0 N–H and O–H groups in total. The van der Waals surface area contributed by atoms with Gasteiger partial charge in [-0.3, -0.25) is 4.79 Å². The summed E-state index contributed by atoms with van der Waals surface area (Å²) in [6.45, 7) is 0.696. The number of aromatic nitrogens is 2. The van der Waals surface area contributed by atoms with Gasteiger partial charge in [-0.2, -0.15) is 0 Å². The average molecular weight is 289 g/mol. The number of methoxy groups -OCH3 is 1. The van der Waals surface area contributed by atoms with Crippen molar-refractivity contribution in [1.82, 2.24) is 14.5 Å². The fourth-order valence-electron chi connectivity index (χ4n) is 2.68. The Morgan fingerprint density at radius 2 is 2.24 bits per heavy atom. The molecule has 21 heavy (non-hydrogen) atoms. The van der Waals surface area contributed by atoms with Crippen LogP contribution in [0.5, 0.6) is 5.75 Å². The number of likely N-dealkylation sites (N-methyl/N-ethyl adjacent to an activating group) is 1. The van der Waals surface area contributed by atoms with E-state index in [1.165, 1.54) is 7.11 Å². The fraction of sp³-hybridized carbons (Fsp3) is 0.333. The Balaban J connectivity index is 2.06. The molecule has 0 spiro atoms. The van der Waals surface area contributed by atoms with Gasteiger partial charge in [-0.1, -0.05) is 6.07 Å². The molecule has 1 aromatic heterocycles. The van der Waals surface area contributed by atoms with E-state index in [0.717, 1.165) is 0 Å². The molecule has 1 unspecified atom stereocenters. The molecule has 1 aliphatic heterocycles. The lowest BCUT2D eigenvalue weighted by atomic mass is 10.1. The van der Waals surface area contributed by atoms with Crippen LogP contribution >= 0.6 is 0 Å². The van der Waals surface area contributed by atoms with Crippen LogP contribution in [0.3, 0.4) is 0 Å². The van der Waals surface area contributed by atoms with Gasteiger partial charge in [0.05, 0.1) is 12.7 Å². The van der Waals surface area contributed by atoms with Gasteiger partial charge in [0, 0.05) is 26.0 Å². The number of hydrogen-bond donors (Lipinski definition) is 0. The summed E-state index contributed by atoms with van der Waals surface area (Å²) in [5.74, 6) is 0.167. The van der Waals surface area contributed by atoms with Crippen molar-refractivity contribution in [3.05, 3.63) is 36.4 Å². The highest BCUT2D eigenvalue weighted by Crippen LogP contribution is 2.32. The Kier molecular flexibility index (Phi) is 3.37. The van der Waals surface area contributed by atoms with Gasteiger partial charge in [0.15, 0.2) is 11.6 Å². The number of carbonyl (C=O) groups is 1. The van der Waals surface area contributed by atoms with E-state index in [1.54, 1.807) is 47.1 Å². The molecular formula is C15H16FN3O2. The Morgan fingerprint density at radius 3 is 2.90 bits per heavy atom. The summed E-state index contributed by atoms with van der Waals surface area (Å²) in [4.78, 5) is 18.1. The van der Waals surface area contributed by atoms with E-state index in [0.29, 0.717) is 24.4 Å². The third-order valence-corrected chi connectivity index (χ3v) is 3.83. The third-order valence-electron chi connectivity index (χ3n) is 3.83. The summed E-state index contributed by atoms with van der Waals surface area (Å²) in [6.07, 6.45) is 4.00. The van der Waals surface area contributed by atoms with Gasteiger partial charge in [-0.15, -0.1) is 0 Å². The van der Waals surface area contributed by atoms with Gasteiger partial charge < -0.3 is 14.2 Å². The molecule has 0 saturated carbocycles. The number of rotatable bonds is 3. The zero-order valence-corrected chi connectivity index (χ0v) is 11.9. The van der Waals surface area contributed by atoms with Gasteiger partial charge in [0.1, 0.15) is 11.9 Å². The summed E-state index contributed by atoms with van der Waals surface area (Å²) < 4.78 is 21.1. The first-order valence-electron chi connectivity index (χ1n) is 6.74. The first-order valence-corrected chi connectivity index (χ1v) is 6.74. The Morgan fingerprint density at radius 1 is 1.43 bits per heavy atom. The smallest absolute Gasteiger partial charge is 0.245 e. The molecule has 1 saturated heterocycles. The molecule has 1 atom stereocenters. The van der Waals surface area contributed by atoms with Crippen molar-refractivity contribution in [2.45, 2.75) is 12.5 Å². The fourth-order valence-corrected chi connectivity index (χ4v) is 2.68. The number of nitrogens with zero attached hydrogens (tertiary/aromatic N) is 3. The number of likely N-dealkylation sites (tertiary alicyclic amines) is 1. The highest BCUT2D eigenvalue weighted by molar-refractivity contribution is 5.83. The van der Waals surface area contributed by atoms with E-state index in [1.807, 2.05) is 0 Å². The van der Waals surface area contributed by atoms with Gasteiger partial charge >= 0.3 is 0 Å². The maximum atomic E-state index is 14.4. The SMILES string of the molecule is COc1cccc(-c2nccn2C2CCN(C)C2=O)c1F. The van der Waals surface area contributed by atoms with Crippen molar-refractivity contribution >= 4 is 5.91 Å². The standard InChI is InChI=1S/C15H16FN3O2/c1-18-8-6-11(15(18)20)19-9-7-17-14(19)10-4-3-5-12(21-2)13(10)16/h3-5,7,9,11H,6,8H2,1-2H3. The van der Waals surface area contributed by atoms with Crippen molar-refractivity contribution in [1.29, 1.82) is 0 Å². The molecule has 110 valence electrons. The first-order chi connectivity index (χ1) is 10.1. The van der Waals surface area contributed by atoms with Crippen molar-refractivity contribution in [3.8, 4) is 17.1 Å². The van der Waals surface area contributed by atoms with Gasteiger partial charge in [0.25, 0.3) is 0 Å². The molecule has 1 amide bonds. The Hall–Kier alpha value is -2.37. The molecule has 1 aliphatic rings. The molecule has 5 nitrogen and oxygen atoms in total. The molecule has 1 fully saturated rings. The van der Waals surface area contributed by atoms with Crippen molar-refractivity contribution in [2.24, 2.45) is 0 Å². The van der Waals surface area contributed by atoms with Crippen LogP contribution in [0.1, 0.15) is 12.5 Å². The number of carbonyl (C=O) groups excluding carboxylic acids is 1. The average Bonchev–Trinajstić information content (AvgIpc) is 3.07. The number of halogens is 1. The quantitative estimate of drug-likeness (QED) is 0.869. The lowest BCUT2D eigenvalue weighted by molar-refractivity contribution is -0.129. The molecule has 0 radical (unpaired) electrons. The Bertz CT molecular complexity index is 683. The minimum Gasteiger partial charge on any atom is -0.494 e. The first kappa shape index (κ1) is 13.6. The monoisotopic (exact) mass is 289 g/mol. The van der Waals surface area contributed by atoms with Crippen LogP contribution in [0.25, 0.3) is 11.4 Å². The minimum absolute atomic E-state index is 0.0255. The molecule has 2 aromatic rings. The summed E-state index contributed by atoms with van der Waals surface area (Å²) in [5, 5.41) is 0. The summed E-state index contributed by atoms with van der Waals surface area (Å²) in [5.41, 5.74) is 0.335. The van der Waals surface area contributed by atoms with Crippen molar-refractivity contribution in [2.75, 3.05) is 20.7 Å². The third kappa shape index (κ3) is 2.16. The second-order valence-corrected chi connectivity index (χ2v) is 5.04. The Labute approximate surface area is 122 Å². The van der Waals surface area contributed by atoms with Crippen LogP contribution in [0.4, 0.5) is 4.39 Å². The minimum atomic E-state index is -0.466. The highest BCUT2D eigenvalue weighted by Gasteiger charge is 2.32. The largest absolute Gasteiger partial charge is 0.494 e. The van der Waals surface area contributed by atoms with E-state index < -0.39 is 5.82 Å². The second-order valence-electron chi connectivity index (χ2n) is 5.04. The van der Waals surface area contributed by atoms with Crippen LogP contribution in [0.2, 0.25) is 0 Å². The molecule has 3 rings (SSSR count). The summed E-state index contributed by atoms with van der Waals surface area (Å²) in [7, 11) is 3.19. The van der Waals surface area contributed by atoms with Crippen molar-refractivity contribution < 1.29 is 13.9 Å².